The van der Waals surface area contributed by atoms with Crippen LogP contribution in [-0.2, 0) is 17.1 Å². The van der Waals surface area contributed by atoms with Crippen LogP contribution in [0.2, 0.25) is 0 Å². The van der Waals surface area contributed by atoms with Gasteiger partial charge in [-0.05, 0) is 37.1 Å². The van der Waals surface area contributed by atoms with Gasteiger partial charge >= 0.3 is 17.1 Å². The van der Waals surface area contributed by atoms with Gasteiger partial charge < -0.3 is 22.9 Å². The summed E-state index contributed by atoms with van der Waals surface area (Å²) >= 11 is 0. The molecule has 1 aliphatic rings. The maximum absolute atomic E-state index is 6.30. The van der Waals surface area contributed by atoms with E-state index in [9.17, 15) is 0 Å². The maximum atomic E-state index is 6.30. The smallest absolute Gasteiger partial charge is 0.440 e. The normalized spacial score (nSPS) is 16.2. The summed E-state index contributed by atoms with van der Waals surface area (Å²) in [5.74, 6) is 1.87. The minimum absolute atomic E-state index is 0. The van der Waals surface area contributed by atoms with Gasteiger partial charge in [0.1, 0.15) is 11.5 Å². The van der Waals surface area contributed by atoms with Gasteiger partial charge in [0.25, 0.3) is 8.38 Å². The summed E-state index contributed by atoms with van der Waals surface area (Å²) in [6.45, 7) is 4.16. The van der Waals surface area contributed by atoms with Crippen LogP contribution in [0.15, 0.2) is 48.5 Å². The Balaban J connectivity index is 0.00000144. The number of rotatable bonds is 5. The molecule has 2 aromatic rings. The molecule has 0 amide bonds. The average molecular weight is 384 g/mol. The maximum Gasteiger partial charge on any atom is 2.00 e. The standard InChI is InChI=1S/C19H22O2P.CH3.Fe/c1-15-9-3-7-13-18(15)20-22(17-11-5-6-12-17)21-19-14-8-4-10-16(19)2;;/h3-4,7-11,13-14,17H,5-6,12H2,1-2H3;1H3;/q2*-1;+2. The average Bonchev–Trinajstić information content (AvgIpc) is 3.05. The minimum atomic E-state index is -1.00. The summed E-state index contributed by atoms with van der Waals surface area (Å²) in [5.41, 5.74) is 2.72. The van der Waals surface area contributed by atoms with Gasteiger partial charge in [0.15, 0.2) is 0 Å². The summed E-state index contributed by atoms with van der Waals surface area (Å²) in [5, 5.41) is 0. The molecule has 0 aromatic heterocycles. The third-order valence-corrected chi connectivity index (χ3v) is 5.74. The molecule has 1 saturated carbocycles. The number of benzene rings is 2. The Bertz CT molecular complexity index is 579. The summed E-state index contributed by atoms with van der Waals surface area (Å²) in [6, 6.07) is 16.3. The second-order valence-corrected chi connectivity index (χ2v) is 7.33. The van der Waals surface area contributed by atoms with Gasteiger partial charge in [-0.15, -0.1) is 0 Å². The van der Waals surface area contributed by atoms with E-state index in [0.717, 1.165) is 35.5 Å². The molecule has 1 atom stereocenters. The van der Waals surface area contributed by atoms with Gasteiger partial charge in [0, 0.05) is 0 Å². The molecule has 0 saturated heterocycles. The van der Waals surface area contributed by atoms with Crippen molar-refractivity contribution in [3.63, 3.8) is 0 Å². The summed E-state index contributed by atoms with van der Waals surface area (Å²) < 4.78 is 12.6. The first-order chi connectivity index (χ1) is 10.7. The molecule has 4 heteroatoms. The Morgan fingerprint density at radius 1 is 0.917 bits per heavy atom. The van der Waals surface area contributed by atoms with E-state index >= 15 is 0 Å². The first-order valence-electron chi connectivity index (χ1n) is 7.84. The molecule has 1 fully saturated rings. The zero-order chi connectivity index (χ0) is 15.4. The second kappa shape index (κ2) is 10.1. The van der Waals surface area contributed by atoms with E-state index < -0.39 is 8.38 Å². The molecular formula is C20H25FeO2P. The molecule has 0 bridgehead atoms. The first kappa shape index (κ1) is 21.0. The van der Waals surface area contributed by atoms with Crippen LogP contribution in [0.25, 0.3) is 0 Å². The zero-order valence-corrected chi connectivity index (χ0v) is 16.5. The predicted octanol–water partition coefficient (Wildman–Crippen LogP) is 6.28. The Morgan fingerprint density at radius 2 is 1.42 bits per heavy atom. The summed E-state index contributed by atoms with van der Waals surface area (Å²) in [4.78, 5) is 0. The van der Waals surface area contributed by atoms with Crippen molar-refractivity contribution >= 4 is 8.38 Å². The number of para-hydroxylation sites is 2. The van der Waals surface area contributed by atoms with Gasteiger partial charge in [-0.1, -0.05) is 54.9 Å². The number of aryl methyl sites for hydroxylation is 2. The summed E-state index contributed by atoms with van der Waals surface area (Å²) in [7, 11) is -1.00. The van der Waals surface area contributed by atoms with Crippen LogP contribution in [0.1, 0.15) is 30.4 Å². The largest absolute Gasteiger partial charge is 2.00 e. The van der Waals surface area contributed by atoms with Crippen molar-refractivity contribution in [2.75, 3.05) is 0 Å². The van der Waals surface area contributed by atoms with Crippen molar-refractivity contribution in [1.29, 1.82) is 0 Å². The quantitative estimate of drug-likeness (QED) is 0.343. The molecule has 1 aliphatic carbocycles. The third kappa shape index (κ3) is 5.24. The SMILES string of the molecule is Cc1ccccc1OP(Oc1ccccc1C)C1[CH-]CCC1.[CH3-].[Fe+2]. The van der Waals surface area contributed by atoms with Crippen LogP contribution in [0, 0.1) is 27.7 Å². The van der Waals surface area contributed by atoms with E-state index in [1.165, 1.54) is 6.42 Å². The zero-order valence-electron chi connectivity index (χ0n) is 14.5. The Labute approximate surface area is 158 Å². The molecule has 130 valence electrons. The van der Waals surface area contributed by atoms with Gasteiger partial charge in [-0.2, -0.15) is 6.42 Å². The van der Waals surface area contributed by atoms with Gasteiger partial charge in [-0.25, -0.2) is 0 Å². The van der Waals surface area contributed by atoms with Crippen molar-refractivity contribution < 1.29 is 26.1 Å². The molecule has 0 N–H and O–H groups in total. The van der Waals surface area contributed by atoms with E-state index in [4.69, 9.17) is 9.05 Å². The molecule has 0 heterocycles. The van der Waals surface area contributed by atoms with Crippen LogP contribution in [0.4, 0.5) is 0 Å². The van der Waals surface area contributed by atoms with E-state index in [1.807, 2.05) is 36.4 Å². The van der Waals surface area contributed by atoms with Crippen LogP contribution < -0.4 is 9.05 Å². The molecule has 3 rings (SSSR count). The van der Waals surface area contributed by atoms with Crippen molar-refractivity contribution in [3.8, 4) is 11.5 Å². The Kier molecular flexibility index (Phi) is 8.84. The fourth-order valence-electron chi connectivity index (χ4n) is 2.61. The monoisotopic (exact) mass is 384 g/mol. The van der Waals surface area contributed by atoms with E-state index in [1.54, 1.807) is 0 Å². The topological polar surface area (TPSA) is 18.5 Å². The molecule has 1 unspecified atom stereocenters. The Morgan fingerprint density at radius 3 is 1.83 bits per heavy atom. The van der Waals surface area contributed by atoms with Crippen LogP contribution >= 0.6 is 8.38 Å². The molecule has 2 nitrogen and oxygen atoms in total. The number of hydrogen-bond acceptors (Lipinski definition) is 2. The Hall–Kier alpha value is -1.01. The minimum Gasteiger partial charge on any atom is -0.440 e. The van der Waals surface area contributed by atoms with E-state index in [-0.39, 0.29) is 24.5 Å². The molecular weight excluding hydrogens is 359 g/mol. The van der Waals surface area contributed by atoms with Gasteiger partial charge in [0.05, 0.1) is 0 Å². The van der Waals surface area contributed by atoms with Crippen molar-refractivity contribution in [1.82, 2.24) is 0 Å². The van der Waals surface area contributed by atoms with Crippen molar-refractivity contribution in [3.05, 3.63) is 73.5 Å². The molecule has 0 spiro atoms. The predicted molar refractivity (Wildman–Crippen MR) is 98.9 cm³/mol. The fourth-order valence-corrected chi connectivity index (χ4v) is 4.43. The van der Waals surface area contributed by atoms with Crippen LogP contribution in [0.5, 0.6) is 11.5 Å². The van der Waals surface area contributed by atoms with Gasteiger partial charge in [0.2, 0.25) is 0 Å². The van der Waals surface area contributed by atoms with Crippen LogP contribution in [0.3, 0.4) is 0 Å². The van der Waals surface area contributed by atoms with Crippen LogP contribution in [-0.4, -0.2) is 5.66 Å². The molecule has 0 aliphatic heterocycles. The first-order valence-corrected chi connectivity index (χ1v) is 9.08. The molecule has 0 radical (unpaired) electrons. The summed E-state index contributed by atoms with van der Waals surface area (Å²) in [6.07, 6.45) is 5.92. The van der Waals surface area contributed by atoms with Crippen molar-refractivity contribution in [2.45, 2.75) is 38.8 Å². The third-order valence-electron chi connectivity index (χ3n) is 3.98. The van der Waals surface area contributed by atoms with E-state index in [0.29, 0.717) is 5.66 Å². The number of hydrogen-bond donors (Lipinski definition) is 0. The molecule has 2 aromatic carbocycles. The van der Waals surface area contributed by atoms with Gasteiger partial charge in [-0.3, -0.25) is 0 Å². The molecule has 24 heavy (non-hydrogen) atoms. The second-order valence-electron chi connectivity index (χ2n) is 5.73. The van der Waals surface area contributed by atoms with Crippen molar-refractivity contribution in [2.24, 2.45) is 0 Å². The van der Waals surface area contributed by atoms with E-state index in [2.05, 4.69) is 32.4 Å². The fraction of sp³-hybridized carbons (Fsp3) is 0.300.